The first kappa shape index (κ1) is 13.8. The van der Waals surface area contributed by atoms with Crippen molar-refractivity contribution in [1.29, 1.82) is 0 Å². The van der Waals surface area contributed by atoms with Gasteiger partial charge in [-0.2, -0.15) is 15.0 Å². The van der Waals surface area contributed by atoms with E-state index in [1.165, 1.54) is 4.80 Å². The minimum absolute atomic E-state index is 0.0205. The number of hydrogen-bond acceptors (Lipinski definition) is 4. The molecular formula is C15H19N5O. The maximum absolute atomic E-state index is 12.3. The van der Waals surface area contributed by atoms with Crippen molar-refractivity contribution in [2.24, 2.45) is 11.7 Å². The molecule has 0 radical (unpaired) electrons. The van der Waals surface area contributed by atoms with E-state index in [0.717, 1.165) is 37.1 Å². The lowest BCUT2D eigenvalue weighted by molar-refractivity contribution is -0.121. The van der Waals surface area contributed by atoms with Crippen molar-refractivity contribution in [1.82, 2.24) is 15.0 Å². The largest absolute Gasteiger partial charge is 0.327 e. The smallest absolute Gasteiger partial charge is 0.229 e. The Kier molecular flexibility index (Phi) is 3.96. The number of amides is 1. The molecule has 0 saturated heterocycles. The van der Waals surface area contributed by atoms with Crippen LogP contribution in [0.15, 0.2) is 36.7 Å². The van der Waals surface area contributed by atoms with Gasteiger partial charge in [-0.15, -0.1) is 0 Å². The van der Waals surface area contributed by atoms with Gasteiger partial charge in [0.1, 0.15) is 0 Å². The maximum atomic E-state index is 12.3. The fourth-order valence-corrected chi connectivity index (χ4v) is 2.75. The summed E-state index contributed by atoms with van der Waals surface area (Å²) in [4.78, 5) is 13.8. The Bertz CT molecular complexity index is 593. The molecule has 0 aliphatic heterocycles. The Morgan fingerprint density at radius 2 is 1.81 bits per heavy atom. The molecule has 3 N–H and O–H groups in total. The number of anilines is 1. The zero-order valence-corrected chi connectivity index (χ0v) is 11.8. The van der Waals surface area contributed by atoms with Crippen LogP contribution in [0, 0.1) is 5.92 Å². The summed E-state index contributed by atoms with van der Waals surface area (Å²) in [5.41, 5.74) is 7.67. The highest BCUT2D eigenvalue weighted by Gasteiger charge is 2.28. The average Bonchev–Trinajstić information content (AvgIpc) is 3.02. The summed E-state index contributed by atoms with van der Waals surface area (Å²) in [5, 5.41) is 11.1. The van der Waals surface area contributed by atoms with Crippen LogP contribution in [0.4, 0.5) is 5.69 Å². The molecule has 2 atom stereocenters. The number of nitrogens with zero attached hydrogens (tertiary/aromatic N) is 3. The molecule has 0 bridgehead atoms. The zero-order chi connectivity index (χ0) is 14.7. The van der Waals surface area contributed by atoms with E-state index in [2.05, 4.69) is 15.5 Å². The predicted molar refractivity (Wildman–Crippen MR) is 79.9 cm³/mol. The van der Waals surface area contributed by atoms with Crippen molar-refractivity contribution in [3.05, 3.63) is 36.7 Å². The van der Waals surface area contributed by atoms with Gasteiger partial charge in [0.2, 0.25) is 5.91 Å². The Labute approximate surface area is 123 Å². The number of nitrogens with one attached hydrogen (secondary N) is 1. The predicted octanol–water partition coefficient (Wildman–Crippen LogP) is 1.72. The average molecular weight is 285 g/mol. The molecule has 1 saturated carbocycles. The molecule has 1 aliphatic carbocycles. The highest BCUT2D eigenvalue weighted by molar-refractivity contribution is 5.93. The van der Waals surface area contributed by atoms with Gasteiger partial charge >= 0.3 is 0 Å². The number of nitrogens with two attached hydrogens (primary N) is 1. The van der Waals surface area contributed by atoms with E-state index >= 15 is 0 Å². The molecule has 6 nitrogen and oxygen atoms in total. The van der Waals surface area contributed by atoms with Crippen molar-refractivity contribution in [3.63, 3.8) is 0 Å². The lowest BCUT2D eigenvalue weighted by Crippen LogP contribution is -2.40. The van der Waals surface area contributed by atoms with E-state index in [1.807, 2.05) is 24.3 Å². The summed E-state index contributed by atoms with van der Waals surface area (Å²) in [7, 11) is 0. The van der Waals surface area contributed by atoms with Crippen LogP contribution in [-0.2, 0) is 4.79 Å². The third-order valence-corrected chi connectivity index (χ3v) is 3.94. The van der Waals surface area contributed by atoms with E-state index in [4.69, 9.17) is 5.73 Å². The van der Waals surface area contributed by atoms with Crippen LogP contribution in [0.5, 0.6) is 0 Å². The van der Waals surface area contributed by atoms with Gasteiger partial charge in [0.05, 0.1) is 24.0 Å². The first-order valence-corrected chi connectivity index (χ1v) is 7.27. The summed E-state index contributed by atoms with van der Waals surface area (Å²) >= 11 is 0. The fraction of sp³-hybridized carbons (Fsp3) is 0.400. The second-order valence-electron chi connectivity index (χ2n) is 5.41. The number of aromatic nitrogens is 3. The molecule has 3 rings (SSSR count). The molecule has 1 aliphatic rings. The molecule has 1 heterocycles. The molecule has 110 valence electrons. The van der Waals surface area contributed by atoms with E-state index in [1.54, 1.807) is 12.4 Å². The van der Waals surface area contributed by atoms with E-state index in [-0.39, 0.29) is 17.9 Å². The van der Waals surface area contributed by atoms with E-state index < -0.39 is 0 Å². The van der Waals surface area contributed by atoms with Crippen LogP contribution in [-0.4, -0.2) is 26.9 Å². The molecule has 0 spiro atoms. The number of carbonyl (C=O) groups excluding carboxylic acids is 1. The Balaban J connectivity index is 1.66. The van der Waals surface area contributed by atoms with Crippen molar-refractivity contribution in [2.75, 3.05) is 5.32 Å². The van der Waals surface area contributed by atoms with Gasteiger partial charge in [0, 0.05) is 11.7 Å². The van der Waals surface area contributed by atoms with Crippen molar-refractivity contribution in [3.8, 4) is 5.69 Å². The minimum Gasteiger partial charge on any atom is -0.327 e. The normalized spacial score (nSPS) is 22.0. The van der Waals surface area contributed by atoms with Crippen LogP contribution < -0.4 is 11.1 Å². The van der Waals surface area contributed by atoms with Crippen LogP contribution in [0.25, 0.3) is 5.69 Å². The SMILES string of the molecule is NC1CCCCC1C(=O)Nc1ccc(-n2nccn2)cc1. The summed E-state index contributed by atoms with van der Waals surface area (Å²) < 4.78 is 0. The summed E-state index contributed by atoms with van der Waals surface area (Å²) in [6.07, 6.45) is 7.26. The summed E-state index contributed by atoms with van der Waals surface area (Å²) in [6, 6.07) is 7.43. The second kappa shape index (κ2) is 6.05. The Morgan fingerprint density at radius 1 is 1.14 bits per heavy atom. The van der Waals surface area contributed by atoms with Gasteiger partial charge in [-0.05, 0) is 37.1 Å². The molecule has 6 heteroatoms. The topological polar surface area (TPSA) is 85.8 Å². The molecule has 21 heavy (non-hydrogen) atoms. The van der Waals surface area contributed by atoms with Crippen LogP contribution >= 0.6 is 0 Å². The van der Waals surface area contributed by atoms with Crippen molar-refractivity contribution >= 4 is 11.6 Å². The van der Waals surface area contributed by atoms with Gasteiger partial charge in [-0.3, -0.25) is 4.79 Å². The van der Waals surface area contributed by atoms with Gasteiger partial charge in [0.25, 0.3) is 0 Å². The molecule has 2 aromatic rings. The fourth-order valence-electron chi connectivity index (χ4n) is 2.75. The Morgan fingerprint density at radius 3 is 2.48 bits per heavy atom. The molecule has 1 aromatic carbocycles. The second-order valence-corrected chi connectivity index (χ2v) is 5.41. The number of hydrogen-bond donors (Lipinski definition) is 2. The van der Waals surface area contributed by atoms with Gasteiger partial charge < -0.3 is 11.1 Å². The van der Waals surface area contributed by atoms with Crippen LogP contribution in [0.1, 0.15) is 25.7 Å². The summed E-state index contributed by atoms with van der Waals surface area (Å²) in [6.45, 7) is 0. The zero-order valence-electron chi connectivity index (χ0n) is 11.8. The third-order valence-electron chi connectivity index (χ3n) is 3.94. The highest BCUT2D eigenvalue weighted by Crippen LogP contribution is 2.24. The lowest BCUT2D eigenvalue weighted by atomic mass is 9.84. The maximum Gasteiger partial charge on any atom is 0.229 e. The van der Waals surface area contributed by atoms with Crippen LogP contribution in [0.2, 0.25) is 0 Å². The highest BCUT2D eigenvalue weighted by atomic mass is 16.1. The minimum atomic E-state index is -0.0776. The number of carbonyl (C=O) groups is 1. The van der Waals surface area contributed by atoms with Crippen molar-refractivity contribution < 1.29 is 4.79 Å². The van der Waals surface area contributed by atoms with Crippen molar-refractivity contribution in [2.45, 2.75) is 31.7 Å². The first-order chi connectivity index (χ1) is 10.2. The number of rotatable bonds is 3. The standard InChI is InChI=1S/C15H19N5O/c16-14-4-2-1-3-13(14)15(21)19-11-5-7-12(8-6-11)20-17-9-10-18-20/h5-10,13-14H,1-4,16H2,(H,19,21). The summed E-state index contributed by atoms with van der Waals surface area (Å²) in [5.74, 6) is -0.0571. The first-order valence-electron chi connectivity index (χ1n) is 7.27. The molecule has 1 amide bonds. The van der Waals surface area contributed by atoms with Gasteiger partial charge in [-0.1, -0.05) is 12.8 Å². The lowest BCUT2D eigenvalue weighted by Gasteiger charge is -2.27. The molecule has 1 aromatic heterocycles. The van der Waals surface area contributed by atoms with E-state index in [9.17, 15) is 4.79 Å². The molecular weight excluding hydrogens is 266 g/mol. The Hall–Kier alpha value is -2.21. The van der Waals surface area contributed by atoms with Crippen LogP contribution in [0.3, 0.4) is 0 Å². The molecule has 1 fully saturated rings. The molecule has 2 unspecified atom stereocenters. The quantitative estimate of drug-likeness (QED) is 0.899. The van der Waals surface area contributed by atoms with E-state index in [0.29, 0.717) is 0 Å². The number of benzene rings is 1. The monoisotopic (exact) mass is 285 g/mol. The van der Waals surface area contributed by atoms with Gasteiger partial charge in [0.15, 0.2) is 0 Å². The third kappa shape index (κ3) is 3.11. The van der Waals surface area contributed by atoms with Gasteiger partial charge in [-0.25, -0.2) is 0 Å².